The minimum Gasteiger partial charge on any atom is -0.478 e. The van der Waals surface area contributed by atoms with Crippen LogP contribution >= 0.6 is 11.8 Å². The molecule has 0 atom stereocenters. The van der Waals surface area contributed by atoms with E-state index in [0.717, 1.165) is 12.0 Å². The van der Waals surface area contributed by atoms with Gasteiger partial charge in [0.2, 0.25) is 0 Å². The predicted octanol–water partition coefficient (Wildman–Crippen LogP) is 2.91. The Kier molecular flexibility index (Phi) is 3.34. The highest BCUT2D eigenvalue weighted by atomic mass is 32.2. The van der Waals surface area contributed by atoms with Crippen molar-refractivity contribution in [2.75, 3.05) is 5.75 Å². The van der Waals surface area contributed by atoms with Crippen LogP contribution in [-0.4, -0.2) is 16.8 Å². The molecule has 1 aromatic carbocycles. The molecule has 0 radical (unpaired) electrons. The van der Waals surface area contributed by atoms with Crippen molar-refractivity contribution in [3.8, 4) is 0 Å². The molecule has 0 aromatic heterocycles. The summed E-state index contributed by atoms with van der Waals surface area (Å²) < 4.78 is 0. The van der Waals surface area contributed by atoms with E-state index < -0.39 is 5.97 Å². The molecule has 3 heteroatoms. The number of aryl methyl sites for hydroxylation is 1. The van der Waals surface area contributed by atoms with Crippen LogP contribution in [0.15, 0.2) is 35.2 Å². The molecule has 0 unspecified atom stereocenters. The van der Waals surface area contributed by atoms with Crippen molar-refractivity contribution >= 4 is 17.7 Å². The molecule has 84 valence electrons. The molecule has 0 aliphatic carbocycles. The van der Waals surface area contributed by atoms with Gasteiger partial charge >= 0.3 is 5.97 Å². The lowest BCUT2D eigenvalue weighted by atomic mass is 10.0. The summed E-state index contributed by atoms with van der Waals surface area (Å²) in [7, 11) is 0. The third-order valence-electron chi connectivity index (χ3n) is 2.69. The standard InChI is InChI=1S/C13H14O2S/c1-9(13(14)15)7-10-4-5-12-11(8-10)3-2-6-16-12/h4-5,8H,1-3,6-7H2,(H,14,15). The zero-order valence-corrected chi connectivity index (χ0v) is 9.85. The Morgan fingerprint density at radius 2 is 2.31 bits per heavy atom. The second kappa shape index (κ2) is 4.74. The molecule has 0 saturated carbocycles. The maximum Gasteiger partial charge on any atom is 0.331 e. The average Bonchev–Trinajstić information content (AvgIpc) is 2.28. The van der Waals surface area contributed by atoms with Gasteiger partial charge in [0.1, 0.15) is 0 Å². The van der Waals surface area contributed by atoms with Gasteiger partial charge < -0.3 is 5.11 Å². The van der Waals surface area contributed by atoms with Crippen molar-refractivity contribution in [1.82, 2.24) is 0 Å². The number of aliphatic carboxylic acids is 1. The van der Waals surface area contributed by atoms with Crippen molar-refractivity contribution in [2.45, 2.75) is 24.2 Å². The van der Waals surface area contributed by atoms with E-state index in [2.05, 4.69) is 18.7 Å². The Morgan fingerprint density at radius 3 is 3.06 bits per heavy atom. The third-order valence-corrected chi connectivity index (χ3v) is 3.89. The number of rotatable bonds is 3. The highest BCUT2D eigenvalue weighted by Gasteiger charge is 2.11. The van der Waals surface area contributed by atoms with Gasteiger partial charge in [-0.05, 0) is 35.8 Å². The number of carboxylic acid groups (broad SMARTS) is 1. The van der Waals surface area contributed by atoms with Crippen molar-refractivity contribution in [3.05, 3.63) is 41.5 Å². The van der Waals surface area contributed by atoms with Gasteiger partial charge in [-0.1, -0.05) is 18.7 Å². The van der Waals surface area contributed by atoms with Gasteiger partial charge in [0.15, 0.2) is 0 Å². The Labute approximate surface area is 99.4 Å². The molecule has 2 rings (SSSR count). The van der Waals surface area contributed by atoms with E-state index in [1.165, 1.54) is 22.6 Å². The number of hydrogen-bond acceptors (Lipinski definition) is 2. The quantitative estimate of drug-likeness (QED) is 0.817. The van der Waals surface area contributed by atoms with E-state index in [0.29, 0.717) is 6.42 Å². The van der Waals surface area contributed by atoms with Crippen molar-refractivity contribution in [3.63, 3.8) is 0 Å². The lowest BCUT2D eigenvalue weighted by molar-refractivity contribution is -0.132. The van der Waals surface area contributed by atoms with Gasteiger partial charge in [-0.25, -0.2) is 4.79 Å². The van der Waals surface area contributed by atoms with Crippen LogP contribution in [0.2, 0.25) is 0 Å². The van der Waals surface area contributed by atoms with Gasteiger partial charge in [-0.15, -0.1) is 11.8 Å². The van der Waals surface area contributed by atoms with Crippen LogP contribution in [-0.2, 0) is 17.6 Å². The van der Waals surface area contributed by atoms with Crippen LogP contribution in [0.4, 0.5) is 0 Å². The fourth-order valence-electron chi connectivity index (χ4n) is 1.85. The molecule has 1 N–H and O–H groups in total. The Balaban J connectivity index is 2.17. The van der Waals surface area contributed by atoms with E-state index in [1.807, 2.05) is 17.8 Å². The maximum absolute atomic E-state index is 10.7. The highest BCUT2D eigenvalue weighted by Crippen LogP contribution is 2.30. The van der Waals surface area contributed by atoms with Gasteiger partial charge in [-0.3, -0.25) is 0 Å². The first-order valence-corrected chi connectivity index (χ1v) is 6.31. The second-order valence-corrected chi connectivity index (χ2v) is 5.12. The SMILES string of the molecule is C=C(Cc1ccc2c(c1)CCCS2)C(=O)O. The summed E-state index contributed by atoms with van der Waals surface area (Å²) >= 11 is 1.88. The first-order valence-electron chi connectivity index (χ1n) is 5.32. The molecule has 0 amide bonds. The topological polar surface area (TPSA) is 37.3 Å². The van der Waals surface area contributed by atoms with Gasteiger partial charge in [0.05, 0.1) is 0 Å². The first-order chi connectivity index (χ1) is 7.66. The summed E-state index contributed by atoms with van der Waals surface area (Å²) in [5.74, 6) is 0.279. The minimum absolute atomic E-state index is 0.253. The lowest BCUT2D eigenvalue weighted by Crippen LogP contribution is -2.04. The number of benzene rings is 1. The summed E-state index contributed by atoms with van der Waals surface area (Å²) in [5.41, 5.74) is 2.66. The molecule has 1 aliphatic rings. The molecule has 1 heterocycles. The van der Waals surface area contributed by atoms with Crippen LogP contribution in [0.1, 0.15) is 17.5 Å². The molecule has 0 saturated heterocycles. The van der Waals surface area contributed by atoms with Crippen LogP contribution in [0.5, 0.6) is 0 Å². The Hall–Kier alpha value is -1.22. The van der Waals surface area contributed by atoms with Gasteiger partial charge in [-0.2, -0.15) is 0 Å². The average molecular weight is 234 g/mol. The van der Waals surface area contributed by atoms with Crippen molar-refractivity contribution in [2.24, 2.45) is 0 Å². The molecule has 0 fully saturated rings. The van der Waals surface area contributed by atoms with Crippen molar-refractivity contribution < 1.29 is 9.90 Å². The number of thioether (sulfide) groups is 1. The Morgan fingerprint density at radius 1 is 1.50 bits per heavy atom. The molecule has 2 nitrogen and oxygen atoms in total. The molecular formula is C13H14O2S. The van der Waals surface area contributed by atoms with Crippen molar-refractivity contribution in [1.29, 1.82) is 0 Å². The molecule has 0 bridgehead atoms. The maximum atomic E-state index is 10.7. The van der Waals surface area contributed by atoms with E-state index in [1.54, 1.807) is 0 Å². The summed E-state index contributed by atoms with van der Waals surface area (Å²) in [6, 6.07) is 6.23. The van der Waals surface area contributed by atoms with Gasteiger partial charge in [0.25, 0.3) is 0 Å². The number of fused-ring (bicyclic) bond motifs is 1. The number of hydrogen-bond donors (Lipinski definition) is 1. The third kappa shape index (κ3) is 2.47. The molecule has 0 spiro atoms. The van der Waals surface area contributed by atoms with Crippen LogP contribution in [0.3, 0.4) is 0 Å². The highest BCUT2D eigenvalue weighted by molar-refractivity contribution is 7.99. The number of carbonyl (C=O) groups is 1. The monoisotopic (exact) mass is 234 g/mol. The molecule has 16 heavy (non-hydrogen) atoms. The molecule has 1 aromatic rings. The zero-order chi connectivity index (χ0) is 11.5. The zero-order valence-electron chi connectivity index (χ0n) is 9.03. The van der Waals surface area contributed by atoms with E-state index in [9.17, 15) is 4.79 Å². The lowest BCUT2D eigenvalue weighted by Gasteiger charge is -2.16. The summed E-state index contributed by atoms with van der Waals surface area (Å²) in [4.78, 5) is 12.0. The first kappa shape index (κ1) is 11.3. The fraction of sp³-hybridized carbons (Fsp3) is 0.308. The second-order valence-electron chi connectivity index (χ2n) is 3.98. The van der Waals surface area contributed by atoms with Gasteiger partial charge in [0, 0.05) is 16.9 Å². The smallest absolute Gasteiger partial charge is 0.331 e. The fourth-order valence-corrected chi connectivity index (χ4v) is 2.86. The molecule has 1 aliphatic heterocycles. The van der Waals surface area contributed by atoms with Crippen LogP contribution in [0.25, 0.3) is 0 Å². The summed E-state index contributed by atoms with van der Waals surface area (Å²) in [6.45, 7) is 3.56. The van der Waals surface area contributed by atoms with Crippen LogP contribution in [0, 0.1) is 0 Å². The molecular weight excluding hydrogens is 220 g/mol. The van der Waals surface area contributed by atoms with E-state index >= 15 is 0 Å². The Bertz CT molecular complexity index is 438. The van der Waals surface area contributed by atoms with E-state index in [4.69, 9.17) is 5.11 Å². The van der Waals surface area contributed by atoms with E-state index in [-0.39, 0.29) is 5.57 Å². The summed E-state index contributed by atoms with van der Waals surface area (Å²) in [5, 5.41) is 8.78. The summed E-state index contributed by atoms with van der Waals surface area (Å²) in [6.07, 6.45) is 2.75. The largest absolute Gasteiger partial charge is 0.478 e. The predicted molar refractivity (Wildman–Crippen MR) is 66.0 cm³/mol. The van der Waals surface area contributed by atoms with Crippen LogP contribution < -0.4 is 0 Å². The number of carboxylic acids is 1. The normalized spacial score (nSPS) is 14.2. The minimum atomic E-state index is -0.910.